The lowest BCUT2D eigenvalue weighted by molar-refractivity contribution is -0.135. The summed E-state index contributed by atoms with van der Waals surface area (Å²) in [6, 6.07) is 8.67. The number of carbonyl (C=O) groups excluding carboxylic acids is 1. The predicted octanol–water partition coefficient (Wildman–Crippen LogP) is 1.98. The number of nitrogens with zero attached hydrogens (tertiary/aromatic N) is 1. The highest BCUT2D eigenvalue weighted by Gasteiger charge is 2.33. The number of esters is 1. The predicted molar refractivity (Wildman–Crippen MR) is 99.6 cm³/mol. The number of nitrogens with one attached hydrogen (secondary N) is 1. The monoisotopic (exact) mass is 366 g/mol. The number of aromatic amines is 1. The van der Waals surface area contributed by atoms with Crippen LogP contribution < -0.4 is 20.6 Å². The van der Waals surface area contributed by atoms with E-state index in [0.29, 0.717) is 28.1 Å². The van der Waals surface area contributed by atoms with Gasteiger partial charge in [0.05, 0.1) is 19.1 Å². The first-order chi connectivity index (χ1) is 12.9. The van der Waals surface area contributed by atoms with Crippen LogP contribution in [0, 0.1) is 6.92 Å². The van der Waals surface area contributed by atoms with Gasteiger partial charge in [0.1, 0.15) is 11.5 Å². The zero-order valence-corrected chi connectivity index (χ0v) is 15.2. The van der Waals surface area contributed by atoms with Gasteiger partial charge in [-0.1, -0.05) is 0 Å². The second kappa shape index (κ2) is 6.12. The fourth-order valence-electron chi connectivity index (χ4n) is 3.50. The van der Waals surface area contributed by atoms with Gasteiger partial charge < -0.3 is 19.0 Å². The molecule has 2 aromatic heterocycles. The van der Waals surface area contributed by atoms with E-state index in [4.69, 9.17) is 9.47 Å². The molecule has 0 amide bonds. The number of benzene rings is 1. The minimum Gasteiger partial charge on any atom is -0.497 e. The highest BCUT2D eigenvalue weighted by atomic mass is 16.5. The molecular formula is C20H18N2O5. The van der Waals surface area contributed by atoms with Crippen LogP contribution in [0.3, 0.4) is 0 Å². The molecule has 0 radical (unpaired) electrons. The van der Waals surface area contributed by atoms with Crippen LogP contribution in [0.25, 0.3) is 10.9 Å². The Morgan fingerprint density at radius 2 is 1.96 bits per heavy atom. The van der Waals surface area contributed by atoms with E-state index in [2.05, 4.69) is 4.98 Å². The molecule has 1 N–H and O–H groups in total. The number of ether oxygens (including phenoxy) is 2. The Kier molecular flexibility index (Phi) is 3.87. The van der Waals surface area contributed by atoms with Crippen LogP contribution >= 0.6 is 0 Å². The van der Waals surface area contributed by atoms with E-state index in [1.54, 1.807) is 51.4 Å². The molecule has 0 spiro atoms. The molecule has 27 heavy (non-hydrogen) atoms. The summed E-state index contributed by atoms with van der Waals surface area (Å²) in [5, 5.41) is 0.758. The third-order valence-electron chi connectivity index (χ3n) is 5.07. The fourth-order valence-corrected chi connectivity index (χ4v) is 3.50. The number of carbonyl (C=O) groups is 1. The molecule has 1 aromatic carbocycles. The van der Waals surface area contributed by atoms with Gasteiger partial charge >= 0.3 is 5.97 Å². The lowest BCUT2D eigenvalue weighted by atomic mass is 9.87. The van der Waals surface area contributed by atoms with E-state index in [1.165, 1.54) is 4.57 Å². The van der Waals surface area contributed by atoms with E-state index in [1.807, 2.05) is 0 Å². The molecule has 138 valence electrons. The molecule has 3 aromatic rings. The second-order valence-corrected chi connectivity index (χ2v) is 6.67. The highest BCUT2D eigenvalue weighted by Crippen LogP contribution is 2.36. The van der Waals surface area contributed by atoms with Crippen LogP contribution in [0.1, 0.15) is 29.2 Å². The maximum atomic E-state index is 12.8. The summed E-state index contributed by atoms with van der Waals surface area (Å²) in [6.45, 7) is 1.76. The zero-order valence-electron chi connectivity index (χ0n) is 15.2. The SMILES string of the molecule is COc1ccc2[nH]c(=O)c(C3CC(=O)Oc4cc(C)n(C)c(=O)c43)cc2c1. The number of aromatic nitrogens is 2. The van der Waals surface area contributed by atoms with Crippen molar-refractivity contribution >= 4 is 16.9 Å². The van der Waals surface area contributed by atoms with Crippen LogP contribution in [0.15, 0.2) is 39.9 Å². The smallest absolute Gasteiger partial charge is 0.312 e. The van der Waals surface area contributed by atoms with Crippen molar-refractivity contribution < 1.29 is 14.3 Å². The largest absolute Gasteiger partial charge is 0.497 e. The number of hydrogen-bond acceptors (Lipinski definition) is 5. The lowest BCUT2D eigenvalue weighted by Gasteiger charge is -2.25. The number of rotatable bonds is 2. The van der Waals surface area contributed by atoms with Gasteiger partial charge in [0, 0.05) is 41.2 Å². The van der Waals surface area contributed by atoms with Gasteiger partial charge in [0.2, 0.25) is 0 Å². The standard InChI is InChI=1S/C20H18N2O5/c1-10-6-16-18(20(25)22(10)2)13(9-17(23)27-16)14-8-11-7-12(26-3)4-5-15(11)21-19(14)24/h4-8,13H,9H2,1-3H3,(H,21,24). The molecule has 0 aliphatic carbocycles. The summed E-state index contributed by atoms with van der Waals surface area (Å²) in [4.78, 5) is 40.5. The van der Waals surface area contributed by atoms with Crippen molar-refractivity contribution in [3.05, 3.63) is 67.9 Å². The average Bonchev–Trinajstić information content (AvgIpc) is 2.64. The minimum atomic E-state index is -0.667. The molecule has 0 saturated heterocycles. The van der Waals surface area contributed by atoms with E-state index in [9.17, 15) is 14.4 Å². The van der Waals surface area contributed by atoms with Crippen molar-refractivity contribution in [3.63, 3.8) is 0 Å². The molecule has 0 fully saturated rings. The van der Waals surface area contributed by atoms with E-state index in [-0.39, 0.29) is 23.3 Å². The van der Waals surface area contributed by atoms with Crippen LogP contribution in [-0.4, -0.2) is 22.6 Å². The molecule has 1 unspecified atom stereocenters. The van der Waals surface area contributed by atoms with Crippen molar-refractivity contribution in [1.29, 1.82) is 0 Å². The Balaban J connectivity index is 1.98. The number of methoxy groups -OCH3 is 1. The molecule has 4 rings (SSSR count). The van der Waals surface area contributed by atoms with Gasteiger partial charge in [0.25, 0.3) is 11.1 Å². The average molecular weight is 366 g/mol. The summed E-state index contributed by atoms with van der Waals surface area (Å²) >= 11 is 0. The van der Waals surface area contributed by atoms with Crippen molar-refractivity contribution in [1.82, 2.24) is 9.55 Å². The van der Waals surface area contributed by atoms with Crippen LogP contribution in [0.5, 0.6) is 11.5 Å². The maximum Gasteiger partial charge on any atom is 0.312 e. The maximum absolute atomic E-state index is 12.8. The number of H-pyrrole nitrogens is 1. The Morgan fingerprint density at radius 3 is 2.70 bits per heavy atom. The summed E-state index contributed by atoms with van der Waals surface area (Å²) < 4.78 is 12.0. The number of aryl methyl sites for hydroxylation is 1. The fraction of sp³-hybridized carbons (Fsp3) is 0.250. The molecule has 0 saturated carbocycles. The van der Waals surface area contributed by atoms with Gasteiger partial charge in [0.15, 0.2) is 0 Å². The third kappa shape index (κ3) is 2.71. The highest BCUT2D eigenvalue weighted by molar-refractivity contribution is 5.82. The van der Waals surface area contributed by atoms with E-state index < -0.39 is 11.9 Å². The molecule has 0 bridgehead atoms. The summed E-state index contributed by atoms with van der Waals surface area (Å²) in [7, 11) is 3.22. The lowest BCUT2D eigenvalue weighted by Crippen LogP contribution is -2.34. The van der Waals surface area contributed by atoms with Crippen molar-refractivity contribution in [2.24, 2.45) is 7.05 Å². The van der Waals surface area contributed by atoms with Gasteiger partial charge in [-0.25, -0.2) is 0 Å². The molecule has 7 heteroatoms. The number of hydrogen-bond donors (Lipinski definition) is 1. The summed E-state index contributed by atoms with van der Waals surface area (Å²) in [5.41, 5.74) is 1.41. The van der Waals surface area contributed by atoms with Gasteiger partial charge in [-0.3, -0.25) is 14.4 Å². The minimum absolute atomic E-state index is 0.0656. The Hall–Kier alpha value is -3.35. The second-order valence-electron chi connectivity index (χ2n) is 6.67. The van der Waals surface area contributed by atoms with Crippen molar-refractivity contribution in [2.45, 2.75) is 19.3 Å². The van der Waals surface area contributed by atoms with Crippen molar-refractivity contribution in [3.8, 4) is 11.5 Å². The van der Waals surface area contributed by atoms with Crippen molar-refractivity contribution in [2.75, 3.05) is 7.11 Å². The van der Waals surface area contributed by atoms with Crippen LogP contribution in [0.4, 0.5) is 0 Å². The third-order valence-corrected chi connectivity index (χ3v) is 5.07. The first kappa shape index (κ1) is 17.1. The Bertz CT molecular complexity index is 1210. The first-order valence-electron chi connectivity index (χ1n) is 8.51. The van der Waals surface area contributed by atoms with Gasteiger partial charge in [-0.2, -0.15) is 0 Å². The van der Waals surface area contributed by atoms with Crippen LogP contribution in [0.2, 0.25) is 0 Å². The zero-order chi connectivity index (χ0) is 19.3. The van der Waals surface area contributed by atoms with Crippen LogP contribution in [-0.2, 0) is 11.8 Å². The van der Waals surface area contributed by atoms with Gasteiger partial charge in [-0.05, 0) is 31.2 Å². The summed E-state index contributed by atoms with van der Waals surface area (Å²) in [5.74, 6) is -0.261. The Morgan fingerprint density at radius 1 is 1.19 bits per heavy atom. The van der Waals surface area contributed by atoms with Gasteiger partial charge in [-0.15, -0.1) is 0 Å². The molecule has 1 aliphatic heterocycles. The molecule has 1 aliphatic rings. The van der Waals surface area contributed by atoms with E-state index in [0.717, 1.165) is 5.39 Å². The molecule has 7 nitrogen and oxygen atoms in total. The number of pyridine rings is 2. The summed E-state index contributed by atoms with van der Waals surface area (Å²) in [6.07, 6.45) is -0.0656. The van der Waals surface area contributed by atoms with E-state index >= 15 is 0 Å². The molecule has 1 atom stereocenters. The first-order valence-corrected chi connectivity index (χ1v) is 8.51. The topological polar surface area (TPSA) is 90.4 Å². The normalized spacial score (nSPS) is 16.1. The number of fused-ring (bicyclic) bond motifs is 2. The molecular weight excluding hydrogens is 348 g/mol. The molecule has 3 heterocycles. The Labute approximate surface area is 154 Å². The quantitative estimate of drug-likeness (QED) is 0.701.